The molecule has 0 bridgehead atoms. The van der Waals surface area contributed by atoms with Gasteiger partial charge in [0, 0.05) is 44.9 Å². The van der Waals surface area contributed by atoms with E-state index in [-0.39, 0.29) is 5.41 Å². The van der Waals surface area contributed by atoms with Crippen molar-refractivity contribution < 1.29 is 4.42 Å². The lowest BCUT2D eigenvalue weighted by Gasteiger charge is -2.23. The number of fused-ring (bicyclic) bond motifs is 12. The molecule has 0 unspecified atom stereocenters. The Kier molecular flexibility index (Phi) is 6.01. The Morgan fingerprint density at radius 3 is 1.71 bits per heavy atom. The van der Waals surface area contributed by atoms with Gasteiger partial charge in [0.25, 0.3) is 0 Å². The number of para-hydroxylation sites is 2. The molecule has 0 N–H and O–H groups in total. The van der Waals surface area contributed by atoms with Crippen LogP contribution in [0, 0.1) is 0 Å². The zero-order valence-electron chi connectivity index (χ0n) is 28.8. The van der Waals surface area contributed by atoms with Crippen LogP contribution < -0.4 is 0 Å². The summed E-state index contributed by atoms with van der Waals surface area (Å²) in [4.78, 5) is 9.46. The molecule has 0 aliphatic heterocycles. The van der Waals surface area contributed by atoms with Gasteiger partial charge in [0.1, 0.15) is 11.2 Å². The maximum atomic E-state index is 6.40. The summed E-state index contributed by atoms with van der Waals surface area (Å²) >= 11 is 0. The molecular weight excluding hydrogens is 633 g/mol. The van der Waals surface area contributed by atoms with Crippen molar-refractivity contribution in [1.82, 2.24) is 9.97 Å². The number of nitrogens with zero attached hydrogens (tertiary/aromatic N) is 2. The molecule has 0 amide bonds. The molecule has 3 nitrogen and oxygen atoms in total. The molecule has 244 valence electrons. The molecule has 0 saturated carbocycles. The highest BCUT2D eigenvalue weighted by Crippen LogP contribution is 2.51. The van der Waals surface area contributed by atoms with Gasteiger partial charge < -0.3 is 4.42 Å². The van der Waals surface area contributed by atoms with Crippen LogP contribution in [0.5, 0.6) is 0 Å². The van der Waals surface area contributed by atoms with E-state index in [9.17, 15) is 0 Å². The fourth-order valence-electron chi connectivity index (χ4n) is 8.75. The van der Waals surface area contributed by atoms with Gasteiger partial charge in [-0.2, -0.15) is 0 Å². The molecule has 0 radical (unpaired) electrons. The summed E-state index contributed by atoms with van der Waals surface area (Å²) < 4.78 is 6.40. The second kappa shape index (κ2) is 10.7. The lowest BCUT2D eigenvalue weighted by atomic mass is 9.80. The third-order valence-electron chi connectivity index (χ3n) is 11.4. The summed E-state index contributed by atoms with van der Waals surface area (Å²) in [6.07, 6.45) is 3.57. The summed E-state index contributed by atoms with van der Waals surface area (Å²) in [5, 5.41) is 6.96. The third-order valence-corrected chi connectivity index (χ3v) is 11.4. The Morgan fingerprint density at radius 1 is 0.404 bits per heavy atom. The first-order valence-electron chi connectivity index (χ1n) is 17.9. The summed E-state index contributed by atoms with van der Waals surface area (Å²) in [5.41, 5.74) is 16.0. The van der Waals surface area contributed by atoms with Crippen molar-refractivity contribution in [2.24, 2.45) is 0 Å². The maximum absolute atomic E-state index is 6.40. The van der Waals surface area contributed by atoms with E-state index in [1.165, 1.54) is 55.3 Å². The summed E-state index contributed by atoms with van der Waals surface area (Å²) in [6, 6.07) is 52.9. The van der Waals surface area contributed by atoms with Crippen molar-refractivity contribution in [2.45, 2.75) is 19.3 Å². The van der Waals surface area contributed by atoms with Crippen LogP contribution in [0.4, 0.5) is 0 Å². The van der Waals surface area contributed by atoms with Gasteiger partial charge in [0.2, 0.25) is 0 Å². The monoisotopic (exact) mass is 664 g/mol. The highest BCUT2D eigenvalue weighted by molar-refractivity contribution is 6.23. The average Bonchev–Trinajstić information content (AvgIpc) is 3.69. The smallest absolute Gasteiger partial charge is 0.143 e. The highest BCUT2D eigenvalue weighted by Gasteiger charge is 2.36. The van der Waals surface area contributed by atoms with Crippen LogP contribution in [0.2, 0.25) is 0 Å². The molecule has 0 saturated heterocycles. The largest absolute Gasteiger partial charge is 0.455 e. The second-order valence-corrected chi connectivity index (χ2v) is 14.6. The maximum Gasteiger partial charge on any atom is 0.143 e. The minimum atomic E-state index is -0.163. The Labute approximate surface area is 300 Å². The lowest BCUT2D eigenvalue weighted by molar-refractivity contribution is 0.661. The van der Waals surface area contributed by atoms with Crippen LogP contribution in [0.25, 0.3) is 99.0 Å². The van der Waals surface area contributed by atoms with Gasteiger partial charge in [-0.15, -0.1) is 0 Å². The number of benzene rings is 8. The quantitative estimate of drug-likeness (QED) is 0.176. The zero-order chi connectivity index (χ0) is 34.6. The Balaban J connectivity index is 0.988. The number of hydrogen-bond acceptors (Lipinski definition) is 3. The molecule has 0 fully saturated rings. The summed E-state index contributed by atoms with van der Waals surface area (Å²) in [7, 11) is 0. The molecule has 8 aromatic carbocycles. The van der Waals surface area contributed by atoms with E-state index in [4.69, 9.17) is 14.4 Å². The number of aromatic nitrogens is 2. The van der Waals surface area contributed by atoms with Crippen molar-refractivity contribution >= 4 is 54.5 Å². The van der Waals surface area contributed by atoms with E-state index in [0.717, 1.165) is 54.9 Å². The normalized spacial score (nSPS) is 13.3. The van der Waals surface area contributed by atoms with Gasteiger partial charge in [-0.25, -0.2) is 0 Å². The fourth-order valence-corrected chi connectivity index (χ4v) is 8.75. The molecular formula is C49H32N2O. The first-order chi connectivity index (χ1) is 25.5. The van der Waals surface area contributed by atoms with Gasteiger partial charge in [-0.05, 0) is 91.2 Å². The Morgan fingerprint density at radius 2 is 0.962 bits per heavy atom. The zero-order valence-corrected chi connectivity index (χ0v) is 28.8. The predicted molar refractivity (Wildman–Crippen MR) is 216 cm³/mol. The first-order valence-corrected chi connectivity index (χ1v) is 17.9. The molecule has 2 heterocycles. The van der Waals surface area contributed by atoms with E-state index >= 15 is 0 Å². The van der Waals surface area contributed by atoms with Crippen molar-refractivity contribution in [3.63, 3.8) is 0 Å². The number of furan rings is 1. The van der Waals surface area contributed by atoms with E-state index in [0.29, 0.717) is 0 Å². The predicted octanol–water partition coefficient (Wildman–Crippen LogP) is 13.1. The van der Waals surface area contributed by atoms with Crippen molar-refractivity contribution in [1.29, 1.82) is 0 Å². The van der Waals surface area contributed by atoms with E-state index in [2.05, 4.69) is 147 Å². The van der Waals surface area contributed by atoms with Gasteiger partial charge in [0.15, 0.2) is 0 Å². The second-order valence-electron chi connectivity index (χ2n) is 14.6. The summed E-state index contributed by atoms with van der Waals surface area (Å²) in [6.45, 7) is 4.73. The van der Waals surface area contributed by atoms with Crippen LogP contribution in [0.1, 0.15) is 25.0 Å². The van der Waals surface area contributed by atoms with Crippen molar-refractivity contribution in [3.05, 3.63) is 169 Å². The summed E-state index contributed by atoms with van der Waals surface area (Å²) in [5.74, 6) is 0. The molecule has 2 aromatic heterocycles. The van der Waals surface area contributed by atoms with Crippen LogP contribution in [-0.4, -0.2) is 9.97 Å². The lowest BCUT2D eigenvalue weighted by Crippen LogP contribution is -2.15. The van der Waals surface area contributed by atoms with Crippen LogP contribution in [0.15, 0.2) is 162 Å². The molecule has 0 atom stereocenters. The Hall–Kier alpha value is -6.58. The van der Waals surface area contributed by atoms with Gasteiger partial charge >= 0.3 is 0 Å². The first kappa shape index (κ1) is 29.2. The van der Waals surface area contributed by atoms with Crippen LogP contribution in [0.3, 0.4) is 0 Å². The molecule has 1 aliphatic carbocycles. The van der Waals surface area contributed by atoms with Crippen molar-refractivity contribution in [3.8, 4) is 44.5 Å². The highest BCUT2D eigenvalue weighted by atomic mass is 16.3. The SMILES string of the molecule is CC1(C)c2cc(-c3cccc(-c4cccc5c4oc4ccccc45)c3)ccc2-c2ccc(-c3ccc4c(c3)c3ccccc3c3nccnc43)cc21. The van der Waals surface area contributed by atoms with Gasteiger partial charge in [-0.3, -0.25) is 9.97 Å². The molecule has 0 spiro atoms. The minimum Gasteiger partial charge on any atom is -0.455 e. The molecule has 3 heteroatoms. The molecule has 52 heavy (non-hydrogen) atoms. The van der Waals surface area contributed by atoms with Gasteiger partial charge in [0.05, 0.1) is 11.0 Å². The number of hydrogen-bond donors (Lipinski definition) is 0. The average molecular weight is 665 g/mol. The molecule has 1 aliphatic rings. The van der Waals surface area contributed by atoms with Gasteiger partial charge in [-0.1, -0.05) is 129 Å². The molecule has 11 rings (SSSR count). The van der Waals surface area contributed by atoms with E-state index in [1.807, 2.05) is 12.1 Å². The van der Waals surface area contributed by atoms with Crippen LogP contribution >= 0.6 is 0 Å². The number of rotatable bonds is 3. The molecule has 10 aromatic rings. The van der Waals surface area contributed by atoms with E-state index < -0.39 is 0 Å². The van der Waals surface area contributed by atoms with Crippen LogP contribution in [-0.2, 0) is 5.41 Å². The van der Waals surface area contributed by atoms with E-state index in [1.54, 1.807) is 12.4 Å². The third kappa shape index (κ3) is 4.14. The topological polar surface area (TPSA) is 38.9 Å². The Bertz CT molecular complexity index is 3080. The standard InChI is InChI=1S/C49H32N2O/c1-49(2)43-27-31(29-9-7-10-33(25-29)34-14-8-15-41-38-12-5-6-16-45(38)52-48(34)41)17-20-36(43)37-21-18-32(28-44(37)49)30-19-22-40-42(26-30)35-11-3-4-13-39(35)46-47(40)51-24-23-50-46/h3-28H,1-2H3. The fraction of sp³-hybridized carbons (Fsp3) is 0.0612. The van der Waals surface area contributed by atoms with Crippen molar-refractivity contribution in [2.75, 3.05) is 0 Å². The minimum absolute atomic E-state index is 0.163.